The van der Waals surface area contributed by atoms with Crippen molar-refractivity contribution in [2.24, 2.45) is 0 Å². The number of anilines is 2. The number of aryl methyl sites for hydroxylation is 1. The van der Waals surface area contributed by atoms with Gasteiger partial charge in [0.1, 0.15) is 17.5 Å². The maximum absolute atomic E-state index is 12.3. The molecule has 1 N–H and O–H groups in total. The minimum atomic E-state index is -3.40. The quantitative estimate of drug-likeness (QED) is 0.867. The van der Waals surface area contributed by atoms with Crippen LogP contribution in [0.15, 0.2) is 30.5 Å². The molecule has 1 atom stereocenters. The molecule has 25 heavy (non-hydrogen) atoms. The first-order valence-corrected chi connectivity index (χ1v) is 9.47. The molecular weight excluding hydrogens is 340 g/mol. The van der Waals surface area contributed by atoms with E-state index < -0.39 is 10.2 Å². The Hall–Kier alpha value is -2.10. The number of hydrogen-bond acceptors (Lipinski definition) is 6. The van der Waals surface area contributed by atoms with E-state index in [-0.39, 0.29) is 5.92 Å². The molecule has 0 saturated carbocycles. The zero-order chi connectivity index (χ0) is 18.0. The highest BCUT2D eigenvalue weighted by atomic mass is 32.2. The van der Waals surface area contributed by atoms with Gasteiger partial charge in [-0.1, -0.05) is 6.07 Å². The minimum Gasteiger partial charge on any atom is -0.325 e. The summed E-state index contributed by atoms with van der Waals surface area (Å²) in [7, 11) is -0.316. The second-order valence-corrected chi connectivity index (χ2v) is 8.37. The zero-order valence-corrected chi connectivity index (χ0v) is 15.4. The van der Waals surface area contributed by atoms with Crippen LogP contribution in [0.2, 0.25) is 0 Å². The lowest BCUT2D eigenvalue weighted by Gasteiger charge is -2.20. The average Bonchev–Trinajstić information content (AvgIpc) is 3.06. The number of nitrogens with one attached hydrogen (secondary N) is 1. The first-order valence-electron chi connectivity index (χ1n) is 8.07. The third kappa shape index (κ3) is 3.94. The van der Waals surface area contributed by atoms with Gasteiger partial charge < -0.3 is 5.32 Å². The summed E-state index contributed by atoms with van der Waals surface area (Å²) in [4.78, 5) is 13.3. The molecule has 9 heteroatoms. The molecule has 0 bridgehead atoms. The number of rotatable bonds is 5. The van der Waals surface area contributed by atoms with E-state index in [1.165, 1.54) is 8.61 Å². The number of nitrogens with zero attached hydrogens (tertiary/aromatic N) is 5. The number of aromatic nitrogens is 3. The van der Waals surface area contributed by atoms with Crippen LogP contribution in [-0.4, -0.2) is 59.2 Å². The van der Waals surface area contributed by atoms with Gasteiger partial charge in [0.25, 0.3) is 10.2 Å². The van der Waals surface area contributed by atoms with E-state index in [1.807, 2.05) is 31.2 Å². The average molecular weight is 362 g/mol. The van der Waals surface area contributed by atoms with E-state index >= 15 is 0 Å². The highest BCUT2D eigenvalue weighted by molar-refractivity contribution is 7.86. The van der Waals surface area contributed by atoms with Crippen LogP contribution in [0, 0.1) is 6.92 Å². The summed E-state index contributed by atoms with van der Waals surface area (Å²) in [6.45, 7) is 2.77. The summed E-state index contributed by atoms with van der Waals surface area (Å²) in [5.74, 6) is 2.01. The lowest BCUT2D eigenvalue weighted by Crippen LogP contribution is -2.38. The van der Waals surface area contributed by atoms with Crippen LogP contribution < -0.4 is 5.32 Å². The Bertz CT molecular complexity index is 841. The summed E-state index contributed by atoms with van der Waals surface area (Å²) in [5.41, 5.74) is 0.831. The predicted molar refractivity (Wildman–Crippen MR) is 95.8 cm³/mol. The smallest absolute Gasteiger partial charge is 0.281 e. The van der Waals surface area contributed by atoms with Crippen LogP contribution in [0.5, 0.6) is 0 Å². The van der Waals surface area contributed by atoms with Crippen molar-refractivity contribution in [2.45, 2.75) is 19.3 Å². The number of pyridine rings is 1. The van der Waals surface area contributed by atoms with Gasteiger partial charge in [0.05, 0.1) is 0 Å². The second-order valence-electron chi connectivity index (χ2n) is 6.23. The Labute approximate surface area is 148 Å². The first kappa shape index (κ1) is 17.7. The molecule has 2 aromatic heterocycles. The van der Waals surface area contributed by atoms with Gasteiger partial charge >= 0.3 is 0 Å². The Balaban J connectivity index is 1.79. The van der Waals surface area contributed by atoms with Crippen molar-refractivity contribution in [1.82, 2.24) is 23.6 Å². The fourth-order valence-corrected chi connectivity index (χ4v) is 3.95. The molecule has 0 spiro atoms. The van der Waals surface area contributed by atoms with Crippen molar-refractivity contribution in [3.63, 3.8) is 0 Å². The van der Waals surface area contributed by atoms with E-state index in [0.29, 0.717) is 37.0 Å². The van der Waals surface area contributed by atoms with Crippen molar-refractivity contribution in [2.75, 3.05) is 32.5 Å². The van der Waals surface area contributed by atoms with Gasteiger partial charge in [0.15, 0.2) is 0 Å². The van der Waals surface area contributed by atoms with Crippen LogP contribution in [0.1, 0.15) is 23.9 Å². The lowest BCUT2D eigenvalue weighted by atomic mass is 10.1. The van der Waals surface area contributed by atoms with Gasteiger partial charge in [0, 0.05) is 51.1 Å². The van der Waals surface area contributed by atoms with E-state index in [1.54, 1.807) is 20.3 Å². The Morgan fingerprint density at radius 1 is 1.24 bits per heavy atom. The molecule has 1 fully saturated rings. The summed E-state index contributed by atoms with van der Waals surface area (Å²) in [6, 6.07) is 7.45. The van der Waals surface area contributed by atoms with E-state index in [0.717, 1.165) is 5.69 Å². The molecule has 0 aromatic carbocycles. The van der Waals surface area contributed by atoms with Crippen LogP contribution in [0.4, 0.5) is 11.6 Å². The fourth-order valence-electron chi connectivity index (χ4n) is 2.79. The lowest BCUT2D eigenvalue weighted by molar-refractivity contribution is 0.418. The first-order chi connectivity index (χ1) is 11.9. The molecular formula is C16H22N6O2S. The SMILES string of the molecule is Cc1cc(Nc2ccccn2)nc([C@@H]2CCN(S(=O)(=O)N(C)C)C2)n1. The van der Waals surface area contributed by atoms with Gasteiger partial charge in [-0.2, -0.15) is 17.0 Å². The highest BCUT2D eigenvalue weighted by Crippen LogP contribution is 2.28. The maximum Gasteiger partial charge on any atom is 0.281 e. The fraction of sp³-hybridized carbons (Fsp3) is 0.438. The molecule has 0 aliphatic carbocycles. The molecule has 1 saturated heterocycles. The van der Waals surface area contributed by atoms with Crippen molar-refractivity contribution in [3.8, 4) is 0 Å². The Kier molecular flexibility index (Phi) is 4.98. The van der Waals surface area contributed by atoms with Crippen LogP contribution in [0.3, 0.4) is 0 Å². The van der Waals surface area contributed by atoms with Crippen molar-refractivity contribution in [3.05, 3.63) is 42.0 Å². The Morgan fingerprint density at radius 3 is 2.72 bits per heavy atom. The normalized spacial score (nSPS) is 18.6. The maximum atomic E-state index is 12.3. The highest BCUT2D eigenvalue weighted by Gasteiger charge is 2.34. The Morgan fingerprint density at radius 2 is 2.04 bits per heavy atom. The van der Waals surface area contributed by atoms with Crippen molar-refractivity contribution >= 4 is 21.8 Å². The number of hydrogen-bond donors (Lipinski definition) is 1. The van der Waals surface area contributed by atoms with Crippen molar-refractivity contribution < 1.29 is 8.42 Å². The van der Waals surface area contributed by atoms with Gasteiger partial charge in [0.2, 0.25) is 0 Å². The van der Waals surface area contributed by atoms with Crippen LogP contribution in [-0.2, 0) is 10.2 Å². The molecule has 2 aromatic rings. The summed E-state index contributed by atoms with van der Waals surface area (Å²) >= 11 is 0. The van der Waals surface area contributed by atoms with Gasteiger partial charge in [-0.25, -0.2) is 15.0 Å². The molecule has 0 amide bonds. The monoisotopic (exact) mass is 362 g/mol. The minimum absolute atomic E-state index is 0.0149. The molecule has 8 nitrogen and oxygen atoms in total. The van der Waals surface area contributed by atoms with Gasteiger partial charge in [-0.3, -0.25) is 0 Å². The third-order valence-corrected chi connectivity index (χ3v) is 6.00. The topological polar surface area (TPSA) is 91.3 Å². The molecule has 1 aliphatic rings. The molecule has 3 rings (SSSR count). The van der Waals surface area contributed by atoms with Crippen LogP contribution in [0.25, 0.3) is 0 Å². The standard InChI is InChI=1S/C16H22N6O2S/c1-12-10-15(19-14-6-4-5-8-17-14)20-16(18-12)13-7-9-22(11-13)25(23,24)21(2)3/h4-6,8,10,13H,7,9,11H2,1-3H3,(H,17,18,19,20)/t13-/m1/s1. The molecule has 0 unspecified atom stereocenters. The molecule has 1 aliphatic heterocycles. The van der Waals surface area contributed by atoms with Crippen LogP contribution >= 0.6 is 0 Å². The van der Waals surface area contributed by atoms with Crippen molar-refractivity contribution in [1.29, 1.82) is 0 Å². The summed E-state index contributed by atoms with van der Waals surface area (Å²) in [5, 5.41) is 3.17. The molecule has 134 valence electrons. The van der Waals surface area contributed by atoms with E-state index in [4.69, 9.17) is 0 Å². The zero-order valence-electron chi connectivity index (χ0n) is 14.5. The summed E-state index contributed by atoms with van der Waals surface area (Å²) < 4.78 is 27.3. The van der Waals surface area contributed by atoms with Gasteiger partial charge in [-0.05, 0) is 25.5 Å². The predicted octanol–water partition coefficient (Wildman–Crippen LogP) is 1.52. The second kappa shape index (κ2) is 7.03. The molecule has 0 radical (unpaired) electrons. The largest absolute Gasteiger partial charge is 0.325 e. The van der Waals surface area contributed by atoms with Gasteiger partial charge in [-0.15, -0.1) is 0 Å². The van der Waals surface area contributed by atoms with E-state index in [2.05, 4.69) is 20.3 Å². The van der Waals surface area contributed by atoms with E-state index in [9.17, 15) is 8.42 Å². The molecule has 3 heterocycles. The summed E-state index contributed by atoms with van der Waals surface area (Å²) in [6.07, 6.45) is 2.41. The third-order valence-electron chi connectivity index (χ3n) is 4.10.